The fourth-order valence-electron chi connectivity index (χ4n) is 4.00. The Labute approximate surface area is 203 Å². The summed E-state index contributed by atoms with van der Waals surface area (Å²) < 4.78 is 16.4. The van der Waals surface area contributed by atoms with E-state index in [1.807, 2.05) is 36.4 Å². The van der Waals surface area contributed by atoms with E-state index >= 15 is 0 Å². The summed E-state index contributed by atoms with van der Waals surface area (Å²) in [5.74, 6) is 1.30. The molecule has 0 bridgehead atoms. The van der Waals surface area contributed by atoms with E-state index in [4.69, 9.17) is 14.2 Å². The average molecular weight is 475 g/mol. The van der Waals surface area contributed by atoms with E-state index in [2.05, 4.69) is 15.6 Å². The zero-order valence-electron chi connectivity index (χ0n) is 19.8. The predicted molar refractivity (Wildman–Crippen MR) is 130 cm³/mol. The number of fused-ring (bicyclic) bond motifs is 2. The van der Waals surface area contributed by atoms with Gasteiger partial charge in [-0.1, -0.05) is 30.3 Å². The van der Waals surface area contributed by atoms with E-state index in [-0.39, 0.29) is 18.4 Å². The average Bonchev–Trinajstić information content (AvgIpc) is 3.44. The molecule has 0 fully saturated rings. The molecule has 2 aliphatic rings. The van der Waals surface area contributed by atoms with Crippen molar-refractivity contribution in [1.29, 1.82) is 0 Å². The first-order chi connectivity index (χ1) is 16.7. The summed E-state index contributed by atoms with van der Waals surface area (Å²) in [7, 11) is 0. The van der Waals surface area contributed by atoms with Gasteiger partial charge in [0.2, 0.25) is 6.79 Å². The van der Waals surface area contributed by atoms with Gasteiger partial charge < -0.3 is 24.4 Å². The third kappa shape index (κ3) is 4.98. The van der Waals surface area contributed by atoms with Gasteiger partial charge in [0.15, 0.2) is 11.5 Å². The maximum atomic E-state index is 13.4. The smallest absolute Gasteiger partial charge is 0.412 e. The number of hydrogen-bond acceptors (Lipinski definition) is 7. The molecular formula is C26H26N4O5. The number of carbonyl (C=O) groups is 2. The first-order valence-electron chi connectivity index (χ1n) is 11.3. The number of amides is 2. The van der Waals surface area contributed by atoms with E-state index < -0.39 is 11.7 Å². The van der Waals surface area contributed by atoms with Gasteiger partial charge in [-0.15, -0.1) is 0 Å². The summed E-state index contributed by atoms with van der Waals surface area (Å²) in [4.78, 5) is 32.1. The quantitative estimate of drug-likeness (QED) is 0.545. The molecule has 5 rings (SSSR count). The van der Waals surface area contributed by atoms with Crippen LogP contribution in [0.3, 0.4) is 0 Å². The van der Waals surface area contributed by atoms with E-state index in [0.29, 0.717) is 41.8 Å². The monoisotopic (exact) mass is 474 g/mol. The van der Waals surface area contributed by atoms with Crippen molar-refractivity contribution in [3.63, 3.8) is 0 Å². The summed E-state index contributed by atoms with van der Waals surface area (Å²) in [5, 5.41) is 5.90. The largest absolute Gasteiger partial charge is 0.454 e. The fourth-order valence-corrected chi connectivity index (χ4v) is 4.00. The van der Waals surface area contributed by atoms with Crippen LogP contribution in [-0.2, 0) is 17.8 Å². The highest BCUT2D eigenvalue weighted by Crippen LogP contribution is 2.40. The lowest BCUT2D eigenvalue weighted by Crippen LogP contribution is -2.28. The number of pyridine rings is 1. The van der Waals surface area contributed by atoms with Crippen molar-refractivity contribution < 1.29 is 23.8 Å². The number of benzene rings is 2. The number of carbonyl (C=O) groups excluding carboxylic acids is 2. The number of para-hydroxylation sites is 1. The lowest BCUT2D eigenvalue weighted by molar-refractivity contribution is 0.0634. The van der Waals surface area contributed by atoms with E-state index in [9.17, 15) is 9.59 Å². The molecule has 0 radical (unpaired) electrons. The minimum atomic E-state index is -0.667. The number of ether oxygens (including phenoxy) is 3. The molecule has 0 aliphatic carbocycles. The highest BCUT2D eigenvalue weighted by Gasteiger charge is 2.26. The van der Waals surface area contributed by atoms with Crippen molar-refractivity contribution >= 4 is 29.2 Å². The van der Waals surface area contributed by atoms with Gasteiger partial charge in [0.05, 0.1) is 11.4 Å². The topological polar surface area (TPSA) is 102 Å². The SMILES string of the molecule is CC(C)(C)OC(=O)Nc1cc(Nc2cccc3c2OCO3)nc(C(=O)N2Cc3ccccc3C2)c1. The van der Waals surface area contributed by atoms with E-state index in [0.717, 1.165) is 11.1 Å². The van der Waals surface area contributed by atoms with Gasteiger partial charge in [-0.05, 0) is 50.1 Å². The third-order valence-electron chi connectivity index (χ3n) is 5.48. The molecule has 9 nitrogen and oxygen atoms in total. The lowest BCUT2D eigenvalue weighted by atomic mass is 10.1. The molecule has 35 heavy (non-hydrogen) atoms. The van der Waals surface area contributed by atoms with Crippen LogP contribution in [0.1, 0.15) is 42.4 Å². The van der Waals surface area contributed by atoms with Crippen molar-refractivity contribution in [3.05, 3.63) is 71.4 Å². The van der Waals surface area contributed by atoms with Gasteiger partial charge in [-0.3, -0.25) is 10.1 Å². The second kappa shape index (κ2) is 8.83. The molecule has 1 aromatic heterocycles. The summed E-state index contributed by atoms with van der Waals surface area (Å²) in [6.07, 6.45) is -0.626. The first kappa shape index (κ1) is 22.5. The Morgan fingerprint density at radius 1 is 1.00 bits per heavy atom. The van der Waals surface area contributed by atoms with Crippen LogP contribution in [0.4, 0.5) is 22.0 Å². The first-order valence-corrected chi connectivity index (χ1v) is 11.3. The number of hydrogen-bond donors (Lipinski definition) is 2. The Hall–Kier alpha value is -4.27. The second-order valence-electron chi connectivity index (χ2n) is 9.35. The zero-order chi connectivity index (χ0) is 24.6. The molecule has 0 saturated carbocycles. The molecule has 9 heteroatoms. The molecule has 2 aliphatic heterocycles. The predicted octanol–water partition coefficient (Wildman–Crippen LogP) is 5.06. The molecule has 0 unspecified atom stereocenters. The minimum Gasteiger partial charge on any atom is -0.454 e. The third-order valence-corrected chi connectivity index (χ3v) is 5.48. The molecule has 0 spiro atoms. The molecule has 0 saturated heterocycles. The summed E-state index contributed by atoms with van der Waals surface area (Å²) in [6.45, 7) is 6.47. The van der Waals surface area contributed by atoms with Gasteiger partial charge in [-0.25, -0.2) is 9.78 Å². The summed E-state index contributed by atoms with van der Waals surface area (Å²) in [6, 6.07) is 16.6. The summed E-state index contributed by atoms with van der Waals surface area (Å²) >= 11 is 0. The molecule has 3 aromatic rings. The molecular weight excluding hydrogens is 448 g/mol. The highest BCUT2D eigenvalue weighted by molar-refractivity contribution is 5.96. The van der Waals surface area contributed by atoms with Crippen LogP contribution in [-0.4, -0.2) is 34.3 Å². The molecule has 2 amide bonds. The Bertz CT molecular complexity index is 1280. The van der Waals surface area contributed by atoms with Gasteiger partial charge in [0, 0.05) is 19.2 Å². The van der Waals surface area contributed by atoms with Crippen LogP contribution in [0.25, 0.3) is 0 Å². The van der Waals surface area contributed by atoms with Crippen LogP contribution in [0.5, 0.6) is 11.5 Å². The Morgan fingerprint density at radius 2 is 1.74 bits per heavy atom. The Kier molecular flexibility index (Phi) is 5.68. The fraction of sp³-hybridized carbons (Fsp3) is 0.269. The van der Waals surface area contributed by atoms with Gasteiger partial charge in [-0.2, -0.15) is 0 Å². The van der Waals surface area contributed by atoms with E-state index in [1.54, 1.807) is 43.9 Å². The van der Waals surface area contributed by atoms with Crippen LogP contribution in [0.15, 0.2) is 54.6 Å². The number of aromatic nitrogens is 1. The number of nitrogens with one attached hydrogen (secondary N) is 2. The normalized spacial score (nSPS) is 13.9. The van der Waals surface area contributed by atoms with Gasteiger partial charge >= 0.3 is 6.09 Å². The lowest BCUT2D eigenvalue weighted by Gasteiger charge is -2.20. The Morgan fingerprint density at radius 3 is 2.46 bits per heavy atom. The van der Waals surface area contributed by atoms with Crippen molar-refractivity contribution in [2.24, 2.45) is 0 Å². The molecule has 2 N–H and O–H groups in total. The zero-order valence-corrected chi connectivity index (χ0v) is 19.8. The minimum absolute atomic E-state index is 0.126. The Balaban J connectivity index is 1.45. The van der Waals surface area contributed by atoms with Crippen LogP contribution in [0.2, 0.25) is 0 Å². The maximum Gasteiger partial charge on any atom is 0.412 e. The molecule has 180 valence electrons. The van der Waals surface area contributed by atoms with Crippen molar-refractivity contribution in [3.8, 4) is 11.5 Å². The van der Waals surface area contributed by atoms with Crippen molar-refractivity contribution in [2.75, 3.05) is 17.4 Å². The number of anilines is 3. The van der Waals surface area contributed by atoms with E-state index in [1.165, 1.54) is 0 Å². The highest BCUT2D eigenvalue weighted by atomic mass is 16.7. The van der Waals surface area contributed by atoms with Crippen molar-refractivity contribution in [2.45, 2.75) is 39.5 Å². The maximum absolute atomic E-state index is 13.4. The van der Waals surface area contributed by atoms with Crippen molar-refractivity contribution in [1.82, 2.24) is 9.88 Å². The molecule has 3 heterocycles. The number of rotatable bonds is 4. The molecule has 2 aromatic carbocycles. The van der Waals surface area contributed by atoms with Crippen LogP contribution < -0.4 is 20.1 Å². The van der Waals surface area contributed by atoms with Gasteiger partial charge in [0.1, 0.15) is 17.1 Å². The van der Waals surface area contributed by atoms with Crippen LogP contribution in [0, 0.1) is 0 Å². The standard InChI is InChI=1S/C26H26N4O5/c1-26(2,3)35-25(32)27-18-11-20(24(31)30-13-16-7-4-5-8-17(16)14-30)29-22(12-18)28-19-9-6-10-21-23(19)34-15-33-21/h4-12H,13-15H2,1-3H3,(H2,27,28,29,32). The summed E-state index contributed by atoms with van der Waals surface area (Å²) in [5.41, 5.74) is 2.76. The van der Waals surface area contributed by atoms with Gasteiger partial charge in [0.25, 0.3) is 5.91 Å². The molecule has 0 atom stereocenters. The number of nitrogens with zero attached hydrogens (tertiary/aromatic N) is 2. The van der Waals surface area contributed by atoms with Crippen LogP contribution >= 0.6 is 0 Å². The second-order valence-corrected chi connectivity index (χ2v) is 9.35.